The van der Waals surface area contributed by atoms with Gasteiger partial charge in [0.15, 0.2) is 5.75 Å². The van der Waals surface area contributed by atoms with Gasteiger partial charge in [0.05, 0.1) is 6.33 Å². The Kier molecular flexibility index (Phi) is 5.92. The smallest absolute Gasteiger partial charge is 0.235 e. The van der Waals surface area contributed by atoms with Crippen LogP contribution in [-0.4, -0.2) is 24.3 Å². The normalized spacial score (nSPS) is 11.2. The van der Waals surface area contributed by atoms with Crippen molar-refractivity contribution < 1.29 is 10.2 Å². The van der Waals surface area contributed by atoms with Crippen LogP contribution in [-0.2, 0) is 25.9 Å². The number of nitrogens with zero attached hydrogens (tertiary/aromatic N) is 3. The molecule has 0 aliphatic rings. The second-order valence-electron chi connectivity index (χ2n) is 5.71. The number of imidazole rings is 1. The molecule has 0 spiro atoms. The molecule has 0 aliphatic heterocycles. The van der Waals surface area contributed by atoms with Crippen LogP contribution in [0.3, 0.4) is 0 Å². The summed E-state index contributed by atoms with van der Waals surface area (Å²) in [7, 11) is 0. The molecule has 0 radical (unpaired) electrons. The lowest BCUT2D eigenvalue weighted by Crippen LogP contribution is -2.06. The van der Waals surface area contributed by atoms with Crippen molar-refractivity contribution in [3.63, 3.8) is 0 Å². The van der Waals surface area contributed by atoms with Crippen LogP contribution in [0.15, 0.2) is 18.7 Å². The summed E-state index contributed by atoms with van der Waals surface area (Å²) in [5.41, 5.74) is 1.99. The molecule has 2 aromatic rings. The van der Waals surface area contributed by atoms with Crippen LogP contribution in [0.2, 0.25) is 0 Å². The van der Waals surface area contributed by atoms with Crippen LogP contribution in [0.4, 0.5) is 0 Å². The predicted octanol–water partition coefficient (Wildman–Crippen LogP) is 3.48. The molecule has 0 saturated carbocycles. The quantitative estimate of drug-likeness (QED) is 0.697. The first-order valence-electron chi connectivity index (χ1n) is 8.26. The third-order valence-electron chi connectivity index (χ3n) is 4.15. The van der Waals surface area contributed by atoms with E-state index in [4.69, 9.17) is 0 Å². The zero-order valence-corrected chi connectivity index (χ0v) is 13.6. The average Bonchev–Trinajstić information content (AvgIpc) is 3.11. The topological polar surface area (TPSA) is 63.2 Å². The molecule has 0 saturated heterocycles. The monoisotopic (exact) mass is 305 g/mol. The molecule has 0 aliphatic carbocycles. The van der Waals surface area contributed by atoms with E-state index in [9.17, 15) is 10.2 Å². The van der Waals surface area contributed by atoms with Crippen molar-refractivity contribution in [2.75, 3.05) is 0 Å². The second-order valence-corrected chi connectivity index (χ2v) is 5.71. The van der Waals surface area contributed by atoms with E-state index < -0.39 is 0 Å². The Balaban J connectivity index is 2.07. The van der Waals surface area contributed by atoms with E-state index in [1.165, 1.54) is 0 Å². The SMILES string of the molecule is CCCCCc1c(O)c(O)n(CCCn2ccnc2)c1CC. The van der Waals surface area contributed by atoms with Crippen LogP contribution in [0, 0.1) is 0 Å². The largest absolute Gasteiger partial charge is 0.503 e. The van der Waals surface area contributed by atoms with Crippen LogP contribution < -0.4 is 0 Å². The molecule has 2 rings (SSSR count). The van der Waals surface area contributed by atoms with Crippen LogP contribution in [0.1, 0.15) is 50.8 Å². The van der Waals surface area contributed by atoms with Gasteiger partial charge in [0.1, 0.15) is 0 Å². The molecule has 0 atom stereocenters. The van der Waals surface area contributed by atoms with Crippen molar-refractivity contribution in [3.05, 3.63) is 30.0 Å². The molecule has 0 fully saturated rings. The highest BCUT2D eigenvalue weighted by Crippen LogP contribution is 2.36. The van der Waals surface area contributed by atoms with E-state index >= 15 is 0 Å². The summed E-state index contributed by atoms with van der Waals surface area (Å²) in [6.45, 7) is 5.80. The average molecular weight is 305 g/mol. The highest BCUT2D eigenvalue weighted by atomic mass is 16.3. The predicted molar refractivity (Wildman–Crippen MR) is 87.2 cm³/mol. The van der Waals surface area contributed by atoms with Crippen molar-refractivity contribution in [2.45, 2.75) is 65.5 Å². The third kappa shape index (κ3) is 3.64. The Morgan fingerprint density at radius 2 is 1.91 bits per heavy atom. The van der Waals surface area contributed by atoms with Gasteiger partial charge in [0.25, 0.3) is 0 Å². The number of unbranched alkanes of at least 4 members (excludes halogenated alkanes) is 2. The van der Waals surface area contributed by atoms with E-state index in [1.54, 1.807) is 12.5 Å². The fraction of sp³-hybridized carbons (Fsp3) is 0.588. The summed E-state index contributed by atoms with van der Waals surface area (Å²) in [6, 6.07) is 0. The van der Waals surface area contributed by atoms with Crippen molar-refractivity contribution in [1.82, 2.24) is 14.1 Å². The Labute approximate surface area is 132 Å². The van der Waals surface area contributed by atoms with Gasteiger partial charge in [0.2, 0.25) is 5.88 Å². The minimum Gasteiger partial charge on any atom is -0.503 e. The number of aromatic nitrogens is 3. The van der Waals surface area contributed by atoms with E-state index in [-0.39, 0.29) is 11.6 Å². The zero-order valence-electron chi connectivity index (χ0n) is 13.6. The molecule has 0 amide bonds. The molecule has 0 unspecified atom stereocenters. The van der Waals surface area contributed by atoms with E-state index in [0.717, 1.165) is 56.3 Å². The molecule has 22 heavy (non-hydrogen) atoms. The number of rotatable bonds is 9. The van der Waals surface area contributed by atoms with Gasteiger partial charge in [-0.2, -0.15) is 0 Å². The first-order chi connectivity index (χ1) is 10.7. The van der Waals surface area contributed by atoms with Crippen molar-refractivity contribution in [3.8, 4) is 11.6 Å². The fourth-order valence-corrected chi connectivity index (χ4v) is 2.98. The third-order valence-corrected chi connectivity index (χ3v) is 4.15. The van der Waals surface area contributed by atoms with Crippen LogP contribution in [0.5, 0.6) is 11.6 Å². The lowest BCUT2D eigenvalue weighted by Gasteiger charge is -2.10. The van der Waals surface area contributed by atoms with Crippen LogP contribution >= 0.6 is 0 Å². The minimum atomic E-state index is 0.0222. The Hall–Kier alpha value is -1.91. The summed E-state index contributed by atoms with van der Waals surface area (Å²) < 4.78 is 3.89. The Morgan fingerprint density at radius 1 is 1.09 bits per heavy atom. The molecule has 122 valence electrons. The minimum absolute atomic E-state index is 0.0222. The molecular weight excluding hydrogens is 278 g/mol. The zero-order chi connectivity index (χ0) is 15.9. The van der Waals surface area contributed by atoms with Crippen molar-refractivity contribution in [1.29, 1.82) is 0 Å². The number of aryl methyl sites for hydroxylation is 1. The van der Waals surface area contributed by atoms with Gasteiger partial charge in [-0.3, -0.25) is 0 Å². The van der Waals surface area contributed by atoms with Gasteiger partial charge in [-0.05, 0) is 25.7 Å². The van der Waals surface area contributed by atoms with Gasteiger partial charge in [-0.1, -0.05) is 26.7 Å². The summed E-state index contributed by atoms with van der Waals surface area (Å²) >= 11 is 0. The van der Waals surface area contributed by atoms with E-state index in [0.29, 0.717) is 6.54 Å². The van der Waals surface area contributed by atoms with Gasteiger partial charge in [-0.15, -0.1) is 0 Å². The highest BCUT2D eigenvalue weighted by Gasteiger charge is 2.20. The number of hydrogen-bond donors (Lipinski definition) is 2. The Bertz CT molecular complexity index is 573. The van der Waals surface area contributed by atoms with Crippen LogP contribution in [0.25, 0.3) is 0 Å². The highest BCUT2D eigenvalue weighted by molar-refractivity contribution is 5.47. The molecule has 5 nitrogen and oxygen atoms in total. The first-order valence-corrected chi connectivity index (χ1v) is 8.26. The summed E-state index contributed by atoms with van der Waals surface area (Å²) in [6.07, 6.45) is 11.4. The standard InChI is InChI=1S/C17H27N3O2/c1-3-5-6-8-14-15(4-2)20(17(22)16(14)21)11-7-10-19-12-9-18-13-19/h9,12-13,21-22H,3-8,10-11H2,1-2H3. The second kappa shape index (κ2) is 7.92. The summed E-state index contributed by atoms with van der Waals surface area (Å²) in [5, 5.41) is 20.5. The lowest BCUT2D eigenvalue weighted by atomic mass is 10.1. The number of aromatic hydroxyl groups is 2. The molecule has 0 bridgehead atoms. The Morgan fingerprint density at radius 3 is 2.55 bits per heavy atom. The maximum Gasteiger partial charge on any atom is 0.235 e. The maximum atomic E-state index is 10.2. The molecule has 5 heteroatoms. The van der Waals surface area contributed by atoms with Gasteiger partial charge >= 0.3 is 0 Å². The maximum absolute atomic E-state index is 10.2. The van der Waals surface area contributed by atoms with Crippen molar-refractivity contribution >= 4 is 0 Å². The first kappa shape index (κ1) is 16.5. The van der Waals surface area contributed by atoms with E-state index in [2.05, 4.69) is 18.8 Å². The van der Waals surface area contributed by atoms with E-state index in [1.807, 2.05) is 15.3 Å². The lowest BCUT2D eigenvalue weighted by molar-refractivity contribution is 0.364. The number of hydrogen-bond acceptors (Lipinski definition) is 3. The molecule has 0 aromatic carbocycles. The van der Waals surface area contributed by atoms with Gasteiger partial charge < -0.3 is 19.3 Å². The molecule has 2 aromatic heterocycles. The molecular formula is C17H27N3O2. The molecule has 2 N–H and O–H groups in total. The summed E-state index contributed by atoms with van der Waals surface area (Å²) in [5.74, 6) is 0.101. The summed E-state index contributed by atoms with van der Waals surface area (Å²) in [4.78, 5) is 4.03. The van der Waals surface area contributed by atoms with Crippen molar-refractivity contribution in [2.24, 2.45) is 0 Å². The van der Waals surface area contributed by atoms with Gasteiger partial charge in [0, 0.05) is 36.7 Å². The fourth-order valence-electron chi connectivity index (χ4n) is 2.98. The molecule has 2 heterocycles. The van der Waals surface area contributed by atoms with Gasteiger partial charge in [-0.25, -0.2) is 4.98 Å².